The number of nitrogens with zero attached hydrogens (tertiary/aromatic N) is 1. The number of benzene rings is 2. The topological polar surface area (TPSA) is 104 Å². The van der Waals surface area contributed by atoms with Crippen molar-refractivity contribution in [1.29, 1.82) is 0 Å². The van der Waals surface area contributed by atoms with Crippen LogP contribution in [-0.4, -0.2) is 41.8 Å². The van der Waals surface area contributed by atoms with E-state index in [1.54, 1.807) is 24.3 Å². The second-order valence-electron chi connectivity index (χ2n) is 8.10. The number of unbranched alkanes of at least 4 members (excludes halogenated alkanes) is 1. The Bertz CT molecular complexity index is 1150. The molecule has 0 spiro atoms. The van der Waals surface area contributed by atoms with Gasteiger partial charge >= 0.3 is 12.1 Å². The summed E-state index contributed by atoms with van der Waals surface area (Å²) in [5.41, 5.74) is 0.398. The maximum atomic E-state index is 13.4. The number of halogens is 3. The molecule has 2 atom stereocenters. The zero-order valence-electron chi connectivity index (χ0n) is 18.4. The third-order valence-electron chi connectivity index (χ3n) is 5.76. The lowest BCUT2D eigenvalue weighted by Crippen LogP contribution is -2.55. The summed E-state index contributed by atoms with van der Waals surface area (Å²) in [6, 6.07) is 7.54. The van der Waals surface area contributed by atoms with Crippen LogP contribution >= 0.6 is 0 Å². The zero-order chi connectivity index (χ0) is 25.1. The number of hydrogen-bond acceptors (Lipinski definition) is 4. The highest BCUT2D eigenvalue weighted by atomic mass is 32.2. The molecule has 1 aliphatic heterocycles. The van der Waals surface area contributed by atoms with Gasteiger partial charge in [0.25, 0.3) is 0 Å². The maximum absolute atomic E-state index is 13.4. The smallest absolute Gasteiger partial charge is 0.416 e. The molecule has 34 heavy (non-hydrogen) atoms. The number of carboxylic acid groups (broad SMARTS) is 1. The van der Waals surface area contributed by atoms with E-state index in [-0.39, 0.29) is 19.4 Å². The number of alkyl halides is 3. The molecule has 11 heteroatoms. The second-order valence-corrected chi connectivity index (χ2v) is 9.99. The molecule has 1 aliphatic rings. The molecule has 184 valence electrons. The maximum Gasteiger partial charge on any atom is 0.416 e. The van der Waals surface area contributed by atoms with Gasteiger partial charge in [-0.1, -0.05) is 44.0 Å². The Labute approximate surface area is 195 Å². The van der Waals surface area contributed by atoms with Gasteiger partial charge in [-0.05, 0) is 48.2 Å². The Hall–Kier alpha value is -2.92. The van der Waals surface area contributed by atoms with Crippen LogP contribution in [0.1, 0.15) is 42.9 Å². The number of aliphatic carboxylic acids is 1. The summed E-state index contributed by atoms with van der Waals surface area (Å²) in [7, 11) is -4.38. The highest BCUT2D eigenvalue weighted by molar-refractivity contribution is 7.89. The van der Waals surface area contributed by atoms with E-state index in [4.69, 9.17) is 0 Å². The van der Waals surface area contributed by atoms with Crippen molar-refractivity contribution in [3.63, 3.8) is 0 Å². The summed E-state index contributed by atoms with van der Waals surface area (Å²) in [6.45, 7) is 1.70. The third-order valence-corrected chi connectivity index (χ3v) is 7.63. The molecule has 0 fully saturated rings. The van der Waals surface area contributed by atoms with Crippen molar-refractivity contribution in [1.82, 2.24) is 9.62 Å². The first kappa shape index (κ1) is 25.7. The van der Waals surface area contributed by atoms with Crippen LogP contribution in [0.15, 0.2) is 53.4 Å². The van der Waals surface area contributed by atoms with Gasteiger partial charge in [-0.3, -0.25) is 4.79 Å². The van der Waals surface area contributed by atoms with Crippen molar-refractivity contribution in [2.24, 2.45) is 0 Å². The zero-order valence-corrected chi connectivity index (χ0v) is 19.2. The van der Waals surface area contributed by atoms with Crippen molar-refractivity contribution < 1.29 is 36.3 Å². The van der Waals surface area contributed by atoms with Gasteiger partial charge in [0.2, 0.25) is 15.9 Å². The van der Waals surface area contributed by atoms with Gasteiger partial charge in [-0.25, -0.2) is 13.2 Å². The van der Waals surface area contributed by atoms with Crippen molar-refractivity contribution in [2.45, 2.75) is 62.3 Å². The molecule has 2 N–H and O–H groups in total. The van der Waals surface area contributed by atoms with Crippen LogP contribution in [0.25, 0.3) is 0 Å². The lowest BCUT2D eigenvalue weighted by Gasteiger charge is -2.35. The second kappa shape index (κ2) is 10.1. The number of hydrogen-bond donors (Lipinski definition) is 2. The fourth-order valence-electron chi connectivity index (χ4n) is 3.86. The molecule has 2 aromatic rings. The number of fused-ring (bicyclic) bond motifs is 1. The van der Waals surface area contributed by atoms with Crippen molar-refractivity contribution in [3.05, 3.63) is 65.2 Å². The highest BCUT2D eigenvalue weighted by Gasteiger charge is 2.41. The van der Waals surface area contributed by atoms with E-state index < -0.39 is 50.6 Å². The van der Waals surface area contributed by atoms with E-state index in [1.165, 1.54) is 0 Å². The summed E-state index contributed by atoms with van der Waals surface area (Å²) in [5.74, 6) is -2.00. The van der Waals surface area contributed by atoms with Gasteiger partial charge in [0.15, 0.2) is 0 Å². The van der Waals surface area contributed by atoms with Gasteiger partial charge in [0, 0.05) is 6.54 Å². The number of carbonyl (C=O) groups is 2. The van der Waals surface area contributed by atoms with Crippen LogP contribution in [0.2, 0.25) is 0 Å². The van der Waals surface area contributed by atoms with Gasteiger partial charge < -0.3 is 10.4 Å². The molecule has 0 aromatic heterocycles. The molecule has 1 amide bonds. The van der Waals surface area contributed by atoms with Gasteiger partial charge in [-0.2, -0.15) is 17.5 Å². The Balaban J connectivity index is 1.96. The highest BCUT2D eigenvalue weighted by Crippen LogP contribution is 2.32. The third kappa shape index (κ3) is 5.58. The minimum atomic E-state index is -4.63. The van der Waals surface area contributed by atoms with Crippen LogP contribution in [0.4, 0.5) is 13.2 Å². The van der Waals surface area contributed by atoms with Gasteiger partial charge in [-0.15, -0.1) is 0 Å². The molecule has 0 aliphatic carbocycles. The average Bonchev–Trinajstić information content (AvgIpc) is 2.80. The number of sulfonamides is 1. The summed E-state index contributed by atoms with van der Waals surface area (Å²) in [5, 5.41) is 11.9. The molecule has 3 rings (SSSR count). The number of nitrogens with one attached hydrogen (secondary N) is 1. The van der Waals surface area contributed by atoms with Crippen LogP contribution in [0.3, 0.4) is 0 Å². The van der Waals surface area contributed by atoms with Gasteiger partial charge in [0.1, 0.15) is 12.1 Å². The summed E-state index contributed by atoms with van der Waals surface area (Å²) in [6.07, 6.45) is -3.17. The monoisotopic (exact) mass is 498 g/mol. The van der Waals surface area contributed by atoms with E-state index in [1.807, 2.05) is 6.92 Å². The molecule has 0 bridgehead atoms. The number of amides is 1. The number of carbonyl (C=O) groups excluding carboxylic acids is 1. The quantitative estimate of drug-likeness (QED) is 0.579. The number of rotatable bonds is 8. The Morgan fingerprint density at radius 3 is 2.29 bits per heavy atom. The molecule has 0 saturated carbocycles. The van der Waals surface area contributed by atoms with E-state index in [0.29, 0.717) is 30.5 Å². The summed E-state index contributed by atoms with van der Waals surface area (Å²) < 4.78 is 66.5. The van der Waals surface area contributed by atoms with E-state index in [0.717, 1.165) is 22.0 Å². The number of carboxylic acids is 1. The fraction of sp³-hybridized carbons (Fsp3) is 0.391. The first-order valence-corrected chi connectivity index (χ1v) is 12.2. The Morgan fingerprint density at radius 1 is 1.12 bits per heavy atom. The average molecular weight is 499 g/mol. The van der Waals surface area contributed by atoms with Crippen LogP contribution in [0, 0.1) is 0 Å². The van der Waals surface area contributed by atoms with E-state index in [9.17, 15) is 36.3 Å². The van der Waals surface area contributed by atoms with Gasteiger partial charge in [0.05, 0.1) is 10.5 Å². The molecule has 1 unspecified atom stereocenters. The molecule has 7 nitrogen and oxygen atoms in total. The van der Waals surface area contributed by atoms with Crippen molar-refractivity contribution in [3.8, 4) is 0 Å². The van der Waals surface area contributed by atoms with E-state index in [2.05, 4.69) is 5.32 Å². The lowest BCUT2D eigenvalue weighted by atomic mass is 9.95. The molecule has 1 heterocycles. The standard InChI is InChI=1S/C23H25F3N2O5S/c1-2-3-8-19(22(30)31)27-21(29)20-13-15-6-4-5-7-16(15)14-28(20)34(32,33)18-11-9-17(10-12-18)23(24,25)26/h4-7,9-12,19-20H,2-3,8,13-14H2,1H3,(H,27,29)(H,30,31)/t19?,20-/m0/s1. The van der Waals surface area contributed by atoms with Crippen LogP contribution < -0.4 is 5.32 Å². The fourth-order valence-corrected chi connectivity index (χ4v) is 5.43. The molecule has 0 radical (unpaired) electrons. The van der Waals surface area contributed by atoms with Crippen molar-refractivity contribution >= 4 is 21.9 Å². The summed E-state index contributed by atoms with van der Waals surface area (Å²) >= 11 is 0. The predicted molar refractivity (Wildman–Crippen MR) is 117 cm³/mol. The summed E-state index contributed by atoms with van der Waals surface area (Å²) in [4.78, 5) is 24.3. The first-order valence-electron chi connectivity index (χ1n) is 10.7. The SMILES string of the molecule is CCCCC(NC(=O)[C@@H]1Cc2ccccc2CN1S(=O)(=O)c1ccc(C(F)(F)F)cc1)C(=O)O. The lowest BCUT2D eigenvalue weighted by molar-refractivity contribution is -0.142. The first-order chi connectivity index (χ1) is 15.9. The molecule has 0 saturated heterocycles. The normalized spacial score (nSPS) is 17.6. The van der Waals surface area contributed by atoms with Crippen LogP contribution in [-0.2, 0) is 38.8 Å². The van der Waals surface area contributed by atoms with Crippen molar-refractivity contribution in [2.75, 3.05) is 0 Å². The Kier molecular flexibility index (Phi) is 7.67. The van der Waals surface area contributed by atoms with Crippen LogP contribution in [0.5, 0.6) is 0 Å². The molecular weight excluding hydrogens is 473 g/mol. The van der Waals surface area contributed by atoms with E-state index >= 15 is 0 Å². The Morgan fingerprint density at radius 2 is 1.74 bits per heavy atom. The predicted octanol–water partition coefficient (Wildman–Crippen LogP) is 3.58. The molecule has 2 aromatic carbocycles. The minimum Gasteiger partial charge on any atom is -0.480 e. The minimum absolute atomic E-state index is 0.00197. The largest absolute Gasteiger partial charge is 0.480 e. The molecular formula is C23H25F3N2O5S.